The molecular weight excluding hydrogens is 483 g/mol. The van der Waals surface area contributed by atoms with Crippen molar-refractivity contribution in [3.05, 3.63) is 47.7 Å². The first-order valence-electron chi connectivity index (χ1n) is 9.50. The van der Waals surface area contributed by atoms with Crippen LogP contribution < -0.4 is 42.9 Å². The van der Waals surface area contributed by atoms with Crippen LogP contribution in [0, 0.1) is 0 Å². The Kier molecular flexibility index (Phi) is 5.06. The number of likely N-dealkylation sites (N-methyl/N-ethyl adjacent to an activating group) is 1. The number of hydrogen-bond donors (Lipinski definition) is 0. The van der Waals surface area contributed by atoms with Gasteiger partial charge in [0.05, 0.1) is 45.9 Å². The lowest BCUT2D eigenvalue weighted by Crippen LogP contribution is -3.00. The second-order valence-corrected chi connectivity index (χ2v) is 7.99. The molecule has 0 radical (unpaired) electrons. The highest BCUT2D eigenvalue weighted by atomic mass is 127. The molecule has 7 heteroatoms. The predicted octanol–water partition coefficient (Wildman–Crippen LogP) is 0.571. The van der Waals surface area contributed by atoms with Crippen molar-refractivity contribution in [1.82, 2.24) is 4.57 Å². The summed E-state index contributed by atoms with van der Waals surface area (Å²) in [6.45, 7) is 1.26. The van der Waals surface area contributed by atoms with Gasteiger partial charge >= 0.3 is 0 Å². The van der Waals surface area contributed by atoms with Gasteiger partial charge in [0, 0.05) is 18.0 Å². The molecule has 0 bridgehead atoms. The van der Waals surface area contributed by atoms with Crippen LogP contribution in [0.1, 0.15) is 17.3 Å². The molecule has 0 N–H and O–H groups in total. The van der Waals surface area contributed by atoms with Crippen LogP contribution >= 0.6 is 0 Å². The summed E-state index contributed by atoms with van der Waals surface area (Å²) in [5.74, 6) is 3.15. The average Bonchev–Trinajstić information content (AvgIpc) is 3.32. The summed E-state index contributed by atoms with van der Waals surface area (Å²) < 4.78 is 25.8. The number of fused-ring (bicyclic) bond motifs is 3. The van der Waals surface area contributed by atoms with Gasteiger partial charge in [0.1, 0.15) is 5.75 Å². The van der Waals surface area contributed by atoms with Crippen LogP contribution in [-0.4, -0.2) is 50.7 Å². The number of methoxy groups -OCH3 is 2. The fourth-order valence-electron chi connectivity index (χ4n) is 4.61. The molecule has 5 rings (SSSR count). The third-order valence-electron chi connectivity index (χ3n) is 6.02. The molecule has 154 valence electrons. The van der Waals surface area contributed by atoms with Crippen LogP contribution in [0.15, 0.2) is 36.5 Å². The monoisotopic (exact) mass is 508 g/mol. The van der Waals surface area contributed by atoms with Gasteiger partial charge in [-0.1, -0.05) is 0 Å². The second kappa shape index (κ2) is 7.28. The first kappa shape index (κ1) is 20.2. The Morgan fingerprint density at radius 3 is 2.66 bits per heavy atom. The smallest absolute Gasteiger partial charge is 0.231 e. The minimum absolute atomic E-state index is 0. The van der Waals surface area contributed by atoms with E-state index < -0.39 is 0 Å². The molecule has 1 atom stereocenters. The van der Waals surface area contributed by atoms with Crippen LogP contribution in [0.25, 0.3) is 10.9 Å². The summed E-state index contributed by atoms with van der Waals surface area (Å²) in [4.78, 5) is 0. The molecule has 3 heterocycles. The van der Waals surface area contributed by atoms with Crippen LogP contribution in [0.2, 0.25) is 0 Å². The van der Waals surface area contributed by atoms with E-state index in [0.717, 1.165) is 40.1 Å². The minimum atomic E-state index is 0. The highest BCUT2D eigenvalue weighted by Gasteiger charge is 2.42. The van der Waals surface area contributed by atoms with Gasteiger partial charge in [0.25, 0.3) is 0 Å². The minimum Gasteiger partial charge on any atom is -1.00 e. The Balaban J connectivity index is 0.00000205. The van der Waals surface area contributed by atoms with Gasteiger partial charge in [-0.2, -0.15) is 0 Å². The van der Waals surface area contributed by atoms with Gasteiger partial charge in [0.2, 0.25) is 12.5 Å². The van der Waals surface area contributed by atoms with E-state index in [2.05, 4.69) is 49.1 Å². The van der Waals surface area contributed by atoms with Crippen molar-refractivity contribution in [3.63, 3.8) is 0 Å². The predicted molar refractivity (Wildman–Crippen MR) is 106 cm³/mol. The Labute approximate surface area is 187 Å². The summed E-state index contributed by atoms with van der Waals surface area (Å²) in [5.41, 5.74) is 3.61. The fraction of sp³-hybridized carbons (Fsp3) is 0.364. The summed E-state index contributed by atoms with van der Waals surface area (Å²) in [7, 11) is 7.95. The molecule has 0 saturated carbocycles. The van der Waals surface area contributed by atoms with E-state index in [1.54, 1.807) is 14.2 Å². The van der Waals surface area contributed by atoms with Gasteiger partial charge in [-0.25, -0.2) is 0 Å². The van der Waals surface area contributed by atoms with Gasteiger partial charge in [0.15, 0.2) is 17.7 Å². The third-order valence-corrected chi connectivity index (χ3v) is 6.02. The molecule has 1 unspecified atom stereocenters. The first-order chi connectivity index (χ1) is 13.5. The number of aromatic nitrogens is 1. The number of halogens is 1. The zero-order valence-electron chi connectivity index (χ0n) is 17.1. The van der Waals surface area contributed by atoms with Crippen LogP contribution in [0.4, 0.5) is 0 Å². The number of nitrogens with zero attached hydrogens (tertiary/aromatic N) is 2. The van der Waals surface area contributed by atoms with E-state index in [0.29, 0.717) is 5.75 Å². The number of hydrogen-bond acceptors (Lipinski definition) is 4. The third kappa shape index (κ3) is 3.02. The van der Waals surface area contributed by atoms with Crippen molar-refractivity contribution in [2.24, 2.45) is 0 Å². The van der Waals surface area contributed by atoms with Crippen molar-refractivity contribution in [3.8, 4) is 23.0 Å². The van der Waals surface area contributed by atoms with E-state index in [9.17, 15) is 0 Å². The highest BCUT2D eigenvalue weighted by molar-refractivity contribution is 5.82. The maximum absolute atomic E-state index is 5.88. The van der Waals surface area contributed by atoms with Crippen molar-refractivity contribution < 1.29 is 47.4 Å². The van der Waals surface area contributed by atoms with E-state index in [4.69, 9.17) is 18.9 Å². The first-order valence-corrected chi connectivity index (χ1v) is 9.50. The topological polar surface area (TPSA) is 41.9 Å². The molecule has 2 aliphatic heterocycles. The maximum Gasteiger partial charge on any atom is 0.231 e. The molecule has 0 aliphatic carbocycles. The van der Waals surface area contributed by atoms with Crippen molar-refractivity contribution >= 4 is 10.9 Å². The van der Waals surface area contributed by atoms with E-state index >= 15 is 0 Å². The van der Waals surface area contributed by atoms with Gasteiger partial charge in [-0.15, -0.1) is 0 Å². The Bertz CT molecular complexity index is 1080. The molecule has 1 aromatic heterocycles. The highest BCUT2D eigenvalue weighted by Crippen LogP contribution is 2.51. The molecule has 29 heavy (non-hydrogen) atoms. The summed E-state index contributed by atoms with van der Waals surface area (Å²) in [6.07, 6.45) is 3.20. The summed E-state index contributed by atoms with van der Waals surface area (Å²) in [6, 6.07) is 10.5. The summed E-state index contributed by atoms with van der Waals surface area (Å²) in [5, 5.41) is 1.16. The maximum atomic E-state index is 5.88. The molecule has 2 aromatic carbocycles. The number of rotatable bonds is 3. The number of quaternary nitrogens is 1. The zero-order valence-corrected chi connectivity index (χ0v) is 19.2. The standard InChI is InChI=1S/C22H25N2O4.HI/c1-24(2)10-8-15-12-18-20(28-13-27-18)21(26-4)19(15)22(24)23-9-7-14-11-16(25-3)5-6-17(14)23;/h5-7,9,11-12,22H,8,10,13H2,1-4H3;1H/q+1;/p-1. The van der Waals surface area contributed by atoms with Crippen molar-refractivity contribution in [1.29, 1.82) is 0 Å². The molecule has 0 fully saturated rings. The normalized spacial score (nSPS) is 18.8. The Morgan fingerprint density at radius 1 is 1.07 bits per heavy atom. The molecule has 0 saturated heterocycles. The quantitative estimate of drug-likeness (QED) is 0.384. The SMILES string of the molecule is COc1ccc2c(ccn2C2c3c(cc4c(c3OC)OCO4)CC[N+]2(C)C)c1.[I-]. The van der Waals surface area contributed by atoms with E-state index in [-0.39, 0.29) is 36.9 Å². The molecule has 2 aliphatic rings. The van der Waals surface area contributed by atoms with Crippen LogP contribution in [0.5, 0.6) is 23.0 Å². The second-order valence-electron chi connectivity index (χ2n) is 7.99. The number of ether oxygens (including phenoxy) is 4. The lowest BCUT2D eigenvalue weighted by Gasteiger charge is -2.43. The van der Waals surface area contributed by atoms with Crippen molar-refractivity contribution in [2.75, 3.05) is 41.7 Å². The Morgan fingerprint density at radius 2 is 1.90 bits per heavy atom. The van der Waals surface area contributed by atoms with Gasteiger partial charge in [-0.3, -0.25) is 4.57 Å². The van der Waals surface area contributed by atoms with Gasteiger partial charge < -0.3 is 47.4 Å². The van der Waals surface area contributed by atoms with Crippen LogP contribution in [-0.2, 0) is 6.42 Å². The average molecular weight is 508 g/mol. The number of benzene rings is 2. The molecule has 0 amide bonds. The van der Waals surface area contributed by atoms with Gasteiger partial charge in [-0.05, 0) is 35.9 Å². The fourth-order valence-corrected chi connectivity index (χ4v) is 4.61. The molecule has 0 spiro atoms. The van der Waals surface area contributed by atoms with E-state index in [1.165, 1.54) is 16.6 Å². The summed E-state index contributed by atoms with van der Waals surface area (Å²) >= 11 is 0. The molecule has 6 nitrogen and oxygen atoms in total. The lowest BCUT2D eigenvalue weighted by atomic mass is 9.93. The van der Waals surface area contributed by atoms with Crippen molar-refractivity contribution in [2.45, 2.75) is 12.6 Å². The zero-order chi connectivity index (χ0) is 19.5. The van der Waals surface area contributed by atoms with E-state index in [1.807, 2.05) is 6.07 Å². The lowest BCUT2D eigenvalue weighted by molar-refractivity contribution is -0.926. The largest absolute Gasteiger partial charge is 1.00 e. The molecule has 3 aromatic rings. The molecular formula is C22H25IN2O4. The van der Waals surface area contributed by atoms with Crippen LogP contribution in [0.3, 0.4) is 0 Å². The Hall–Kier alpha value is -2.13.